The number of nitrogens with zero attached hydrogens (tertiary/aromatic N) is 2. The van der Waals surface area contributed by atoms with Crippen LogP contribution in [0.25, 0.3) is 0 Å². The molecular formula is C20H33FN4O. The number of hydrogen-bond donors (Lipinski definition) is 2. The van der Waals surface area contributed by atoms with Crippen molar-refractivity contribution in [2.45, 2.75) is 32.7 Å². The van der Waals surface area contributed by atoms with Gasteiger partial charge in [0.15, 0.2) is 5.96 Å². The number of benzene rings is 1. The van der Waals surface area contributed by atoms with E-state index in [4.69, 9.17) is 4.74 Å². The summed E-state index contributed by atoms with van der Waals surface area (Å²) in [7, 11) is 1.80. The van der Waals surface area contributed by atoms with E-state index in [0.29, 0.717) is 12.5 Å². The second kappa shape index (κ2) is 11.9. The Morgan fingerprint density at radius 1 is 1.27 bits per heavy atom. The predicted octanol–water partition coefficient (Wildman–Crippen LogP) is 2.63. The summed E-state index contributed by atoms with van der Waals surface area (Å²) in [6.07, 6.45) is 3.23. The first-order valence-electron chi connectivity index (χ1n) is 9.71. The lowest BCUT2D eigenvalue weighted by atomic mass is 9.96. The Bertz CT molecular complexity index is 544. The molecule has 6 heteroatoms. The number of piperidine rings is 1. The molecule has 1 aliphatic heterocycles. The van der Waals surface area contributed by atoms with Crippen molar-refractivity contribution < 1.29 is 9.13 Å². The van der Waals surface area contributed by atoms with Crippen LogP contribution in [0.2, 0.25) is 0 Å². The third-order valence-corrected chi connectivity index (χ3v) is 4.80. The molecule has 1 aliphatic rings. The van der Waals surface area contributed by atoms with Gasteiger partial charge in [0.05, 0.1) is 0 Å². The largest absolute Gasteiger partial charge is 0.382 e. The predicted molar refractivity (Wildman–Crippen MR) is 105 cm³/mol. The number of nitrogens with one attached hydrogen (secondary N) is 2. The van der Waals surface area contributed by atoms with E-state index < -0.39 is 0 Å². The van der Waals surface area contributed by atoms with Crippen LogP contribution in [0.15, 0.2) is 29.3 Å². The lowest BCUT2D eigenvalue weighted by Gasteiger charge is -2.32. The summed E-state index contributed by atoms with van der Waals surface area (Å²) in [6.45, 7) is 8.08. The monoisotopic (exact) mass is 364 g/mol. The van der Waals surface area contributed by atoms with E-state index in [1.165, 1.54) is 0 Å². The molecule has 2 N–H and O–H groups in total. The van der Waals surface area contributed by atoms with Gasteiger partial charge in [-0.1, -0.05) is 18.2 Å². The standard InChI is InChI=1S/C20H33FN4O/c1-3-26-14-6-11-23-20(22-2)24-15-17-9-12-25(13-10-17)16-18-7-4-5-8-19(18)21/h4-5,7-8,17H,3,6,9-16H2,1-2H3,(H2,22,23,24). The van der Waals surface area contributed by atoms with Crippen molar-refractivity contribution in [3.63, 3.8) is 0 Å². The highest BCUT2D eigenvalue weighted by Gasteiger charge is 2.20. The van der Waals surface area contributed by atoms with Gasteiger partial charge in [0.25, 0.3) is 0 Å². The van der Waals surface area contributed by atoms with Crippen LogP contribution in [-0.2, 0) is 11.3 Å². The number of guanidine groups is 1. The van der Waals surface area contributed by atoms with E-state index in [1.54, 1.807) is 19.2 Å². The number of halogens is 1. The first kappa shape index (κ1) is 20.6. The summed E-state index contributed by atoms with van der Waals surface area (Å²) in [5, 5.41) is 6.75. The molecule has 1 aromatic carbocycles. The molecule has 0 bridgehead atoms. The van der Waals surface area contributed by atoms with E-state index in [1.807, 2.05) is 19.1 Å². The lowest BCUT2D eigenvalue weighted by molar-refractivity contribution is 0.145. The van der Waals surface area contributed by atoms with Crippen LogP contribution in [0.4, 0.5) is 4.39 Å². The molecule has 2 rings (SSSR count). The van der Waals surface area contributed by atoms with Crippen LogP contribution in [-0.4, -0.2) is 57.3 Å². The van der Waals surface area contributed by atoms with Crippen molar-refractivity contribution in [3.8, 4) is 0 Å². The van der Waals surface area contributed by atoms with Crippen molar-refractivity contribution in [2.24, 2.45) is 10.9 Å². The third kappa shape index (κ3) is 7.30. The number of ether oxygens (including phenoxy) is 1. The van der Waals surface area contributed by atoms with Gasteiger partial charge in [-0.05, 0) is 51.3 Å². The Kier molecular flexibility index (Phi) is 9.42. The molecule has 0 aliphatic carbocycles. The Labute approximate surface area is 157 Å². The molecule has 1 saturated heterocycles. The van der Waals surface area contributed by atoms with Gasteiger partial charge in [-0.25, -0.2) is 4.39 Å². The van der Waals surface area contributed by atoms with Crippen LogP contribution >= 0.6 is 0 Å². The van der Waals surface area contributed by atoms with Gasteiger partial charge >= 0.3 is 0 Å². The van der Waals surface area contributed by atoms with Gasteiger partial charge in [0.2, 0.25) is 0 Å². The van der Waals surface area contributed by atoms with Crippen LogP contribution in [0.5, 0.6) is 0 Å². The molecule has 0 amide bonds. The van der Waals surface area contributed by atoms with Gasteiger partial charge in [-0.15, -0.1) is 0 Å². The Balaban J connectivity index is 1.62. The van der Waals surface area contributed by atoms with Gasteiger partial charge in [-0.3, -0.25) is 9.89 Å². The number of rotatable bonds is 9. The minimum Gasteiger partial charge on any atom is -0.382 e. The van der Waals surface area contributed by atoms with Crippen molar-refractivity contribution in [1.82, 2.24) is 15.5 Å². The second-order valence-electron chi connectivity index (χ2n) is 6.74. The van der Waals surface area contributed by atoms with Crippen molar-refractivity contribution in [3.05, 3.63) is 35.6 Å². The molecule has 1 fully saturated rings. The molecule has 5 nitrogen and oxygen atoms in total. The maximum absolute atomic E-state index is 13.8. The summed E-state index contributed by atoms with van der Waals surface area (Å²) < 4.78 is 19.1. The summed E-state index contributed by atoms with van der Waals surface area (Å²) in [5.74, 6) is 1.39. The Morgan fingerprint density at radius 2 is 2.04 bits per heavy atom. The minimum atomic E-state index is -0.101. The fourth-order valence-corrected chi connectivity index (χ4v) is 3.20. The summed E-state index contributed by atoms with van der Waals surface area (Å²) in [5.41, 5.74) is 0.792. The number of aliphatic imine (C=N–C) groups is 1. The lowest BCUT2D eigenvalue weighted by Crippen LogP contribution is -2.43. The Hall–Kier alpha value is -1.66. The Morgan fingerprint density at radius 3 is 2.73 bits per heavy atom. The molecular weight excluding hydrogens is 331 g/mol. The van der Waals surface area contributed by atoms with E-state index in [-0.39, 0.29) is 5.82 Å². The van der Waals surface area contributed by atoms with Gasteiger partial charge in [0.1, 0.15) is 5.82 Å². The topological polar surface area (TPSA) is 48.9 Å². The summed E-state index contributed by atoms with van der Waals surface area (Å²) in [4.78, 5) is 6.62. The molecule has 0 atom stereocenters. The first-order valence-corrected chi connectivity index (χ1v) is 9.71. The maximum Gasteiger partial charge on any atom is 0.190 e. The molecule has 1 heterocycles. The molecule has 1 aromatic rings. The fourth-order valence-electron chi connectivity index (χ4n) is 3.20. The van der Waals surface area contributed by atoms with E-state index in [9.17, 15) is 4.39 Å². The summed E-state index contributed by atoms with van der Waals surface area (Å²) >= 11 is 0. The molecule has 146 valence electrons. The molecule has 0 saturated carbocycles. The SMILES string of the molecule is CCOCCCNC(=NC)NCC1CCN(Cc2ccccc2F)CC1. The highest BCUT2D eigenvalue weighted by molar-refractivity contribution is 5.79. The second-order valence-corrected chi connectivity index (χ2v) is 6.74. The third-order valence-electron chi connectivity index (χ3n) is 4.80. The molecule has 0 spiro atoms. The zero-order valence-electron chi connectivity index (χ0n) is 16.1. The van der Waals surface area contributed by atoms with Crippen LogP contribution in [0.3, 0.4) is 0 Å². The zero-order valence-corrected chi connectivity index (χ0v) is 16.1. The fraction of sp³-hybridized carbons (Fsp3) is 0.650. The van der Waals surface area contributed by atoms with Crippen LogP contribution in [0.1, 0.15) is 31.7 Å². The van der Waals surface area contributed by atoms with Crippen molar-refractivity contribution >= 4 is 5.96 Å². The minimum absolute atomic E-state index is 0.101. The van der Waals surface area contributed by atoms with Gasteiger partial charge < -0.3 is 15.4 Å². The average molecular weight is 365 g/mol. The highest BCUT2D eigenvalue weighted by atomic mass is 19.1. The molecule has 26 heavy (non-hydrogen) atoms. The zero-order chi connectivity index (χ0) is 18.6. The number of likely N-dealkylation sites (tertiary alicyclic amines) is 1. The molecule has 0 aromatic heterocycles. The molecule has 0 unspecified atom stereocenters. The van der Waals surface area contributed by atoms with Gasteiger partial charge in [0, 0.05) is 45.5 Å². The smallest absolute Gasteiger partial charge is 0.190 e. The molecule has 0 radical (unpaired) electrons. The van der Waals surface area contributed by atoms with E-state index in [0.717, 1.165) is 70.2 Å². The normalized spacial score (nSPS) is 16.7. The average Bonchev–Trinajstić information content (AvgIpc) is 2.67. The van der Waals surface area contributed by atoms with E-state index in [2.05, 4.69) is 20.5 Å². The van der Waals surface area contributed by atoms with E-state index >= 15 is 0 Å². The summed E-state index contributed by atoms with van der Waals surface area (Å²) in [6, 6.07) is 7.07. The highest BCUT2D eigenvalue weighted by Crippen LogP contribution is 2.19. The van der Waals surface area contributed by atoms with Crippen molar-refractivity contribution in [2.75, 3.05) is 46.4 Å². The maximum atomic E-state index is 13.8. The van der Waals surface area contributed by atoms with Crippen molar-refractivity contribution in [1.29, 1.82) is 0 Å². The number of hydrogen-bond acceptors (Lipinski definition) is 3. The van der Waals surface area contributed by atoms with Gasteiger partial charge in [-0.2, -0.15) is 0 Å². The van der Waals surface area contributed by atoms with Crippen LogP contribution in [0, 0.1) is 11.7 Å². The first-order chi connectivity index (χ1) is 12.7. The quantitative estimate of drug-likeness (QED) is 0.402. The van der Waals surface area contributed by atoms with Crippen LogP contribution < -0.4 is 10.6 Å².